The Labute approximate surface area is 128 Å². The summed E-state index contributed by atoms with van der Waals surface area (Å²) >= 11 is 7.27. The Kier molecular flexibility index (Phi) is 5.33. The highest BCUT2D eigenvalue weighted by atomic mass is 35.5. The van der Waals surface area contributed by atoms with Crippen LogP contribution in [0.25, 0.3) is 0 Å². The lowest BCUT2D eigenvalue weighted by Gasteiger charge is -2.31. The summed E-state index contributed by atoms with van der Waals surface area (Å²) in [5.74, 6) is 0.249. The van der Waals surface area contributed by atoms with Gasteiger partial charge in [0.05, 0.1) is 11.8 Å². The number of nitrogens with zero attached hydrogens (tertiary/aromatic N) is 1. The number of carbonyl (C=O) groups excluding carboxylic acids is 1. The third-order valence-electron chi connectivity index (χ3n) is 3.48. The molecule has 1 N–H and O–H groups in total. The Hall–Kier alpha value is -1.18. The van der Waals surface area contributed by atoms with Crippen molar-refractivity contribution in [1.82, 2.24) is 5.32 Å². The maximum Gasteiger partial charge on any atom is 0.231 e. The van der Waals surface area contributed by atoms with Crippen LogP contribution in [0.15, 0.2) is 29.2 Å². The lowest BCUT2D eigenvalue weighted by atomic mass is 9.83. The van der Waals surface area contributed by atoms with Gasteiger partial charge in [0.15, 0.2) is 0 Å². The first-order valence-corrected chi connectivity index (χ1v) is 8.11. The molecule has 0 atom stereocenters. The summed E-state index contributed by atoms with van der Waals surface area (Å²) in [4.78, 5) is 13.0. The SMILES string of the molecule is N#CC1(NC(=O)CSc2ccc(Cl)cc2)CCCCC1. The lowest BCUT2D eigenvalue weighted by Crippen LogP contribution is -2.49. The van der Waals surface area contributed by atoms with Crippen LogP contribution in [0.4, 0.5) is 0 Å². The monoisotopic (exact) mass is 308 g/mol. The zero-order valence-corrected chi connectivity index (χ0v) is 12.8. The van der Waals surface area contributed by atoms with Gasteiger partial charge in [-0.15, -0.1) is 11.8 Å². The largest absolute Gasteiger partial charge is 0.337 e. The second-order valence-corrected chi connectivity index (χ2v) is 6.53. The van der Waals surface area contributed by atoms with E-state index in [4.69, 9.17) is 11.6 Å². The molecule has 1 aromatic rings. The third kappa shape index (κ3) is 4.16. The molecule has 1 aliphatic rings. The van der Waals surface area contributed by atoms with E-state index in [1.165, 1.54) is 11.8 Å². The first kappa shape index (κ1) is 15.2. The summed E-state index contributed by atoms with van der Waals surface area (Å²) in [5, 5.41) is 12.9. The normalized spacial score (nSPS) is 17.2. The number of amides is 1. The summed E-state index contributed by atoms with van der Waals surface area (Å²) in [6, 6.07) is 9.69. The number of rotatable bonds is 4. The molecule has 1 aliphatic carbocycles. The van der Waals surface area contributed by atoms with Gasteiger partial charge < -0.3 is 5.32 Å². The molecule has 0 radical (unpaired) electrons. The number of carbonyl (C=O) groups is 1. The third-order valence-corrected chi connectivity index (χ3v) is 4.75. The zero-order valence-electron chi connectivity index (χ0n) is 11.2. The Morgan fingerprint density at radius 1 is 1.30 bits per heavy atom. The second-order valence-electron chi connectivity index (χ2n) is 5.05. The fourth-order valence-corrected chi connectivity index (χ4v) is 3.23. The van der Waals surface area contributed by atoms with Crippen LogP contribution in [0.3, 0.4) is 0 Å². The van der Waals surface area contributed by atoms with Gasteiger partial charge in [-0.2, -0.15) is 5.26 Å². The molecule has 0 bridgehead atoms. The molecule has 0 spiro atoms. The van der Waals surface area contributed by atoms with Crippen molar-refractivity contribution in [3.05, 3.63) is 29.3 Å². The van der Waals surface area contributed by atoms with Crippen LogP contribution in [-0.2, 0) is 4.79 Å². The average Bonchev–Trinajstić information content (AvgIpc) is 2.47. The summed E-state index contributed by atoms with van der Waals surface area (Å²) in [7, 11) is 0. The van der Waals surface area contributed by atoms with Gasteiger partial charge in [0.2, 0.25) is 5.91 Å². The molecule has 0 aliphatic heterocycles. The molecule has 1 aromatic carbocycles. The minimum absolute atomic E-state index is 0.0756. The van der Waals surface area contributed by atoms with Crippen LogP contribution in [-0.4, -0.2) is 17.2 Å². The molecule has 0 saturated heterocycles. The van der Waals surface area contributed by atoms with Crippen LogP contribution in [0.1, 0.15) is 32.1 Å². The number of thioether (sulfide) groups is 1. The predicted octanol–water partition coefficient (Wildman–Crippen LogP) is 3.77. The van der Waals surface area contributed by atoms with E-state index >= 15 is 0 Å². The van der Waals surface area contributed by atoms with Crippen LogP contribution in [0.2, 0.25) is 5.02 Å². The van der Waals surface area contributed by atoms with Gasteiger partial charge in [-0.1, -0.05) is 30.9 Å². The highest BCUT2D eigenvalue weighted by molar-refractivity contribution is 8.00. The molecular weight excluding hydrogens is 292 g/mol. The van der Waals surface area contributed by atoms with Crippen molar-refractivity contribution in [1.29, 1.82) is 5.26 Å². The van der Waals surface area contributed by atoms with Gasteiger partial charge in [0.1, 0.15) is 5.54 Å². The van der Waals surface area contributed by atoms with E-state index in [0.717, 1.165) is 37.0 Å². The Bertz CT molecular complexity index is 504. The average molecular weight is 309 g/mol. The van der Waals surface area contributed by atoms with Gasteiger partial charge >= 0.3 is 0 Å². The summed E-state index contributed by atoms with van der Waals surface area (Å²) < 4.78 is 0. The summed E-state index contributed by atoms with van der Waals surface area (Å²) in [5.41, 5.74) is -0.643. The number of halogens is 1. The first-order chi connectivity index (χ1) is 9.63. The van der Waals surface area contributed by atoms with Crippen molar-refractivity contribution in [2.75, 3.05) is 5.75 Å². The summed E-state index contributed by atoms with van der Waals surface area (Å²) in [6.07, 6.45) is 4.71. The quantitative estimate of drug-likeness (QED) is 0.861. The lowest BCUT2D eigenvalue weighted by molar-refractivity contribution is -0.120. The Morgan fingerprint density at radius 2 is 1.95 bits per heavy atom. The van der Waals surface area contributed by atoms with E-state index < -0.39 is 5.54 Å². The molecule has 3 nitrogen and oxygen atoms in total. The predicted molar refractivity (Wildman–Crippen MR) is 81.7 cm³/mol. The zero-order chi connectivity index (χ0) is 14.4. The molecule has 2 rings (SSSR count). The van der Waals surface area contributed by atoms with E-state index in [9.17, 15) is 10.1 Å². The highest BCUT2D eigenvalue weighted by Crippen LogP contribution is 2.28. The summed E-state index contributed by atoms with van der Waals surface area (Å²) in [6.45, 7) is 0. The highest BCUT2D eigenvalue weighted by Gasteiger charge is 2.33. The van der Waals surface area contributed by atoms with E-state index in [2.05, 4.69) is 11.4 Å². The molecule has 20 heavy (non-hydrogen) atoms. The van der Waals surface area contributed by atoms with Crippen LogP contribution in [0, 0.1) is 11.3 Å². The minimum atomic E-state index is -0.643. The van der Waals surface area contributed by atoms with Crippen molar-refractivity contribution >= 4 is 29.3 Å². The molecule has 0 unspecified atom stereocenters. The van der Waals surface area contributed by atoms with E-state index in [1.54, 1.807) is 12.1 Å². The van der Waals surface area contributed by atoms with Crippen molar-refractivity contribution < 1.29 is 4.79 Å². The maximum atomic E-state index is 12.0. The first-order valence-electron chi connectivity index (χ1n) is 6.74. The van der Waals surface area contributed by atoms with Crippen LogP contribution in [0.5, 0.6) is 0 Å². The van der Waals surface area contributed by atoms with Crippen molar-refractivity contribution in [3.8, 4) is 6.07 Å². The van der Waals surface area contributed by atoms with Gasteiger partial charge in [0, 0.05) is 9.92 Å². The van der Waals surface area contributed by atoms with Crippen LogP contribution < -0.4 is 5.32 Å². The van der Waals surface area contributed by atoms with Crippen molar-refractivity contribution in [2.24, 2.45) is 0 Å². The molecular formula is C15H17ClN2OS. The fourth-order valence-electron chi connectivity index (χ4n) is 2.40. The fraction of sp³-hybridized carbons (Fsp3) is 0.467. The molecule has 1 amide bonds. The second kappa shape index (κ2) is 7.01. The number of benzene rings is 1. The molecule has 1 fully saturated rings. The molecule has 106 valence electrons. The van der Waals surface area contributed by atoms with Crippen LogP contribution >= 0.6 is 23.4 Å². The van der Waals surface area contributed by atoms with E-state index in [0.29, 0.717) is 10.8 Å². The Morgan fingerprint density at radius 3 is 2.55 bits per heavy atom. The molecule has 1 saturated carbocycles. The maximum absolute atomic E-state index is 12.0. The molecule has 0 aromatic heterocycles. The number of hydrogen-bond donors (Lipinski definition) is 1. The minimum Gasteiger partial charge on any atom is -0.337 e. The molecule has 5 heteroatoms. The number of hydrogen-bond acceptors (Lipinski definition) is 3. The van der Waals surface area contributed by atoms with Gasteiger partial charge in [0.25, 0.3) is 0 Å². The van der Waals surface area contributed by atoms with Crippen molar-refractivity contribution in [3.63, 3.8) is 0 Å². The smallest absolute Gasteiger partial charge is 0.231 e. The molecule has 0 heterocycles. The topological polar surface area (TPSA) is 52.9 Å². The van der Waals surface area contributed by atoms with E-state index in [-0.39, 0.29) is 5.91 Å². The number of nitriles is 1. The van der Waals surface area contributed by atoms with Crippen molar-refractivity contribution in [2.45, 2.75) is 42.5 Å². The Balaban J connectivity index is 1.85. The van der Waals surface area contributed by atoms with E-state index in [1.807, 2.05) is 12.1 Å². The van der Waals surface area contributed by atoms with Gasteiger partial charge in [-0.05, 0) is 37.1 Å². The number of nitrogens with one attached hydrogen (secondary N) is 1. The standard InChI is InChI=1S/C15H17ClN2OS/c16-12-4-6-13(7-5-12)20-10-14(19)18-15(11-17)8-2-1-3-9-15/h4-7H,1-3,8-10H2,(H,18,19). The van der Waals surface area contributed by atoms with Gasteiger partial charge in [-0.25, -0.2) is 0 Å². The van der Waals surface area contributed by atoms with Gasteiger partial charge in [-0.3, -0.25) is 4.79 Å².